The van der Waals surface area contributed by atoms with Crippen molar-refractivity contribution in [3.63, 3.8) is 0 Å². The van der Waals surface area contributed by atoms with Crippen molar-refractivity contribution >= 4 is 51.4 Å². The number of ether oxygens (including phenoxy) is 3. The van der Waals surface area contributed by atoms with E-state index in [0.717, 1.165) is 8.96 Å². The Morgan fingerprint density at radius 1 is 1.08 bits per heavy atom. The molecule has 0 aliphatic heterocycles. The number of nitrogens with zero attached hydrogens (tertiary/aromatic N) is 2. The molecule has 11 heteroatoms. The van der Waals surface area contributed by atoms with Crippen molar-refractivity contribution in [3.05, 3.63) is 91.2 Å². The Bertz CT molecular complexity index is 1500. The van der Waals surface area contributed by atoms with Gasteiger partial charge in [0.1, 0.15) is 17.9 Å². The lowest BCUT2D eigenvalue weighted by molar-refractivity contribution is -0.384. The van der Waals surface area contributed by atoms with Gasteiger partial charge in [0.25, 0.3) is 5.69 Å². The van der Waals surface area contributed by atoms with Crippen molar-refractivity contribution < 1.29 is 28.3 Å². The third kappa shape index (κ3) is 6.59. The molecular weight excluding hydrogens is 605 g/mol. The van der Waals surface area contributed by atoms with Crippen LogP contribution in [-0.2, 0) is 6.61 Å². The third-order valence-electron chi connectivity index (χ3n) is 5.24. The van der Waals surface area contributed by atoms with Crippen molar-refractivity contribution in [1.82, 2.24) is 5.43 Å². The first kappa shape index (κ1) is 26.9. The summed E-state index contributed by atoms with van der Waals surface area (Å²) in [5.41, 5.74) is 4.37. The van der Waals surface area contributed by atoms with Crippen molar-refractivity contribution in [2.24, 2.45) is 5.10 Å². The van der Waals surface area contributed by atoms with Crippen LogP contribution in [0.4, 0.5) is 5.69 Å². The zero-order chi connectivity index (χ0) is 27.1. The van der Waals surface area contributed by atoms with Crippen LogP contribution in [-0.4, -0.2) is 30.3 Å². The summed E-state index contributed by atoms with van der Waals surface area (Å²) >= 11 is 2.11. The van der Waals surface area contributed by atoms with Crippen molar-refractivity contribution in [3.8, 4) is 17.2 Å². The van der Waals surface area contributed by atoms with Gasteiger partial charge in [0.2, 0.25) is 0 Å². The summed E-state index contributed by atoms with van der Waals surface area (Å²) in [7, 11) is 0. The molecule has 38 heavy (non-hydrogen) atoms. The van der Waals surface area contributed by atoms with Gasteiger partial charge in [0, 0.05) is 17.5 Å². The number of furan rings is 1. The normalized spacial score (nSPS) is 11.0. The van der Waals surface area contributed by atoms with Crippen LogP contribution in [0.2, 0.25) is 0 Å². The minimum atomic E-state index is -0.493. The van der Waals surface area contributed by atoms with E-state index in [2.05, 4.69) is 33.1 Å². The summed E-state index contributed by atoms with van der Waals surface area (Å²) in [4.78, 5) is 23.1. The zero-order valence-electron chi connectivity index (χ0n) is 20.6. The second-order valence-corrected chi connectivity index (χ2v) is 9.08. The minimum Gasteiger partial charge on any atom is -0.494 e. The van der Waals surface area contributed by atoms with E-state index < -0.39 is 10.8 Å². The third-order valence-corrected chi connectivity index (χ3v) is 6.04. The van der Waals surface area contributed by atoms with Gasteiger partial charge < -0.3 is 18.6 Å². The predicted octanol–water partition coefficient (Wildman–Crippen LogP) is 6.09. The largest absolute Gasteiger partial charge is 0.494 e. The number of hydrazone groups is 1. The number of hydrogen-bond donors (Lipinski definition) is 1. The lowest BCUT2D eigenvalue weighted by Crippen LogP contribution is -2.16. The van der Waals surface area contributed by atoms with Gasteiger partial charge in [-0.1, -0.05) is 12.1 Å². The van der Waals surface area contributed by atoms with Gasteiger partial charge in [-0.3, -0.25) is 14.9 Å². The molecule has 0 saturated carbocycles. The topological polar surface area (TPSA) is 125 Å². The van der Waals surface area contributed by atoms with E-state index in [0.29, 0.717) is 47.2 Å². The minimum absolute atomic E-state index is 0.00246. The molecule has 0 atom stereocenters. The molecule has 10 nitrogen and oxygen atoms in total. The molecule has 0 spiro atoms. The van der Waals surface area contributed by atoms with Gasteiger partial charge in [0.05, 0.1) is 27.9 Å². The van der Waals surface area contributed by atoms with Gasteiger partial charge >= 0.3 is 5.91 Å². The van der Waals surface area contributed by atoms with E-state index in [1.165, 1.54) is 18.3 Å². The number of carbonyl (C=O) groups is 1. The predicted molar refractivity (Wildman–Crippen MR) is 150 cm³/mol. The Balaban J connectivity index is 1.45. The van der Waals surface area contributed by atoms with Crippen LogP contribution in [0, 0.1) is 13.7 Å². The lowest BCUT2D eigenvalue weighted by Gasteiger charge is -2.14. The molecule has 0 saturated heterocycles. The molecule has 0 radical (unpaired) electrons. The maximum atomic E-state index is 12.6. The van der Waals surface area contributed by atoms with E-state index in [1.54, 1.807) is 36.4 Å². The second kappa shape index (κ2) is 12.4. The molecular formula is C27H24IN3O7. The number of halogens is 1. The first-order valence-electron chi connectivity index (χ1n) is 11.7. The molecule has 3 aromatic carbocycles. The molecule has 1 amide bonds. The zero-order valence-corrected chi connectivity index (χ0v) is 22.8. The van der Waals surface area contributed by atoms with E-state index >= 15 is 0 Å². The first-order valence-corrected chi connectivity index (χ1v) is 12.8. The van der Waals surface area contributed by atoms with Crippen LogP contribution >= 0.6 is 22.6 Å². The van der Waals surface area contributed by atoms with Crippen LogP contribution in [0.15, 0.2) is 70.2 Å². The number of nitro benzene ring substituents is 1. The van der Waals surface area contributed by atoms with Gasteiger partial charge in [-0.25, -0.2) is 5.43 Å². The van der Waals surface area contributed by atoms with E-state index in [-0.39, 0.29) is 18.1 Å². The fourth-order valence-corrected chi connectivity index (χ4v) is 4.37. The molecule has 0 aliphatic carbocycles. The monoisotopic (exact) mass is 629 g/mol. The summed E-state index contributed by atoms with van der Waals surface area (Å²) in [5, 5.41) is 15.8. The van der Waals surface area contributed by atoms with Crippen LogP contribution in [0.25, 0.3) is 11.0 Å². The number of fused-ring (bicyclic) bond motifs is 1. The number of rotatable bonds is 11. The maximum absolute atomic E-state index is 12.6. The van der Waals surface area contributed by atoms with Gasteiger partial charge in [-0.15, -0.1) is 0 Å². The highest BCUT2D eigenvalue weighted by Gasteiger charge is 2.15. The van der Waals surface area contributed by atoms with Gasteiger partial charge in [-0.2, -0.15) is 5.10 Å². The highest BCUT2D eigenvalue weighted by atomic mass is 127. The summed E-state index contributed by atoms with van der Waals surface area (Å²) in [6.07, 6.45) is 1.49. The summed E-state index contributed by atoms with van der Waals surface area (Å²) in [6.45, 7) is 4.82. The van der Waals surface area contributed by atoms with E-state index in [4.69, 9.17) is 18.6 Å². The molecule has 1 aromatic heterocycles. The maximum Gasteiger partial charge on any atom is 0.307 e. The van der Waals surface area contributed by atoms with Crippen LogP contribution in [0.5, 0.6) is 17.2 Å². The average molecular weight is 629 g/mol. The number of hydrogen-bond acceptors (Lipinski definition) is 8. The van der Waals surface area contributed by atoms with Crippen molar-refractivity contribution in [1.29, 1.82) is 0 Å². The first-order chi connectivity index (χ1) is 18.4. The summed E-state index contributed by atoms with van der Waals surface area (Å²) < 4.78 is 23.6. The number of amides is 1. The highest BCUT2D eigenvalue weighted by Crippen LogP contribution is 2.34. The Morgan fingerprint density at radius 3 is 2.66 bits per heavy atom. The smallest absolute Gasteiger partial charge is 0.307 e. The molecule has 0 aliphatic rings. The Labute approximate surface area is 231 Å². The molecule has 4 aromatic rings. The molecule has 0 bridgehead atoms. The average Bonchev–Trinajstić information content (AvgIpc) is 3.32. The molecule has 1 N–H and O–H groups in total. The van der Waals surface area contributed by atoms with Crippen molar-refractivity contribution in [2.45, 2.75) is 20.5 Å². The second-order valence-electron chi connectivity index (χ2n) is 7.92. The number of non-ortho nitro benzene ring substituents is 1. The van der Waals surface area contributed by atoms with Crippen LogP contribution < -0.4 is 19.6 Å². The number of nitrogens with one attached hydrogen (secondary N) is 1. The Morgan fingerprint density at radius 2 is 1.89 bits per heavy atom. The van der Waals surface area contributed by atoms with E-state index in [9.17, 15) is 14.9 Å². The van der Waals surface area contributed by atoms with Gasteiger partial charge in [0.15, 0.2) is 17.3 Å². The molecule has 196 valence electrons. The molecule has 4 rings (SSSR count). The van der Waals surface area contributed by atoms with Crippen molar-refractivity contribution in [2.75, 3.05) is 13.2 Å². The van der Waals surface area contributed by atoms with Gasteiger partial charge in [-0.05, 0) is 84.0 Å². The molecule has 0 fully saturated rings. The Kier molecular flexibility index (Phi) is 8.79. The highest BCUT2D eigenvalue weighted by molar-refractivity contribution is 14.1. The standard InChI is InChI=1S/C27H24IN3O7/c1-3-35-21-8-9-23-19(13-21)14-25(38-23)27(32)30-29-15-18-11-22(28)26(24(12-18)36-4-2)37-16-17-6-5-7-20(10-17)31(33)34/h5-15H,3-4,16H2,1-2H3,(H,30,32)/b29-15+. The number of nitro groups is 1. The number of benzene rings is 3. The fourth-order valence-electron chi connectivity index (χ4n) is 3.59. The molecule has 1 heterocycles. The SMILES string of the molecule is CCOc1ccc2oc(C(=O)N/N=C/c3cc(I)c(OCc4cccc([N+](=O)[O-])c4)c(OCC)c3)cc2c1. The van der Waals surface area contributed by atoms with Crippen LogP contribution in [0.3, 0.4) is 0 Å². The quantitative estimate of drug-likeness (QED) is 0.0922. The summed E-state index contributed by atoms with van der Waals surface area (Å²) in [6, 6.07) is 16.8. The fraction of sp³-hybridized carbons (Fsp3) is 0.185. The van der Waals surface area contributed by atoms with Crippen LogP contribution in [0.1, 0.15) is 35.5 Å². The lowest BCUT2D eigenvalue weighted by atomic mass is 10.2. The summed E-state index contributed by atoms with van der Waals surface area (Å²) in [5.74, 6) is 1.32. The number of carbonyl (C=O) groups excluding carboxylic acids is 1. The van der Waals surface area contributed by atoms with E-state index in [1.807, 2.05) is 26.0 Å². The Hall–Kier alpha value is -4.13. The molecule has 0 unspecified atom stereocenters.